The number of ketones is 1. The minimum atomic E-state index is 0.0925. The number of para-hydroxylation sites is 1. The number of benzene rings is 5. The van der Waals surface area contributed by atoms with Crippen molar-refractivity contribution in [3.8, 4) is 22.3 Å². The molecule has 0 N–H and O–H groups in total. The molecule has 0 fully saturated rings. The smallest absolute Gasteiger partial charge is 0.194 e. The molecule has 0 bridgehead atoms. The molecule has 0 spiro atoms. The summed E-state index contributed by atoms with van der Waals surface area (Å²) in [5, 5.41) is 0. The predicted molar refractivity (Wildman–Crippen MR) is 135 cm³/mol. The van der Waals surface area contributed by atoms with E-state index in [1.54, 1.807) is 0 Å². The molecule has 5 aromatic rings. The Balaban J connectivity index is 1.54. The lowest BCUT2D eigenvalue weighted by Crippen LogP contribution is -2.11. The fraction of sp³-hybridized carbons (Fsp3) is 0. The van der Waals surface area contributed by atoms with Gasteiger partial charge in [0.15, 0.2) is 5.78 Å². The summed E-state index contributed by atoms with van der Waals surface area (Å²) in [6.07, 6.45) is 0. The highest BCUT2D eigenvalue weighted by molar-refractivity contribution is 6.24. The minimum Gasteiger partial charge on any atom is -0.310 e. The van der Waals surface area contributed by atoms with Crippen LogP contribution in [0.15, 0.2) is 127 Å². The second-order valence-electron chi connectivity index (χ2n) is 8.16. The minimum absolute atomic E-state index is 0.0925. The van der Waals surface area contributed by atoms with Crippen molar-refractivity contribution in [3.05, 3.63) is 139 Å². The van der Waals surface area contributed by atoms with Gasteiger partial charge in [0.1, 0.15) is 0 Å². The normalized spacial score (nSPS) is 11.7. The quantitative estimate of drug-likeness (QED) is 0.286. The van der Waals surface area contributed by atoms with Crippen LogP contribution in [-0.4, -0.2) is 5.78 Å². The molecule has 6 rings (SSSR count). The van der Waals surface area contributed by atoms with E-state index in [4.69, 9.17) is 0 Å². The molecule has 5 aromatic carbocycles. The number of hydrogen-bond donors (Lipinski definition) is 0. The Morgan fingerprint density at radius 3 is 1.70 bits per heavy atom. The van der Waals surface area contributed by atoms with Gasteiger partial charge in [-0.25, -0.2) is 0 Å². The molecule has 0 radical (unpaired) electrons. The maximum atomic E-state index is 13.1. The highest BCUT2D eigenvalue weighted by Gasteiger charge is 2.30. The summed E-state index contributed by atoms with van der Waals surface area (Å²) in [6.45, 7) is 0. The first-order valence-electron chi connectivity index (χ1n) is 11.1. The molecule has 156 valence electrons. The summed E-state index contributed by atoms with van der Waals surface area (Å²) in [4.78, 5) is 15.4. The highest BCUT2D eigenvalue weighted by Crippen LogP contribution is 2.47. The van der Waals surface area contributed by atoms with Gasteiger partial charge in [0.05, 0.1) is 5.69 Å². The van der Waals surface area contributed by atoms with Gasteiger partial charge in [0.25, 0.3) is 0 Å². The molecule has 33 heavy (non-hydrogen) atoms. The third-order valence-corrected chi connectivity index (χ3v) is 6.22. The van der Waals surface area contributed by atoms with Crippen molar-refractivity contribution in [2.45, 2.75) is 0 Å². The van der Waals surface area contributed by atoms with Crippen molar-refractivity contribution in [2.24, 2.45) is 0 Å². The summed E-state index contributed by atoms with van der Waals surface area (Å²) >= 11 is 0. The average Bonchev–Trinajstić information content (AvgIpc) is 3.19. The molecule has 2 nitrogen and oxygen atoms in total. The summed E-state index contributed by atoms with van der Waals surface area (Å²) in [7, 11) is 0. The van der Waals surface area contributed by atoms with Crippen LogP contribution in [0, 0.1) is 0 Å². The van der Waals surface area contributed by atoms with Crippen LogP contribution in [0.5, 0.6) is 0 Å². The third-order valence-electron chi connectivity index (χ3n) is 6.22. The van der Waals surface area contributed by atoms with Crippen LogP contribution in [0.3, 0.4) is 0 Å². The van der Waals surface area contributed by atoms with Crippen molar-refractivity contribution >= 4 is 22.8 Å². The zero-order valence-electron chi connectivity index (χ0n) is 18.0. The molecule has 1 aliphatic rings. The molecule has 2 heteroatoms. The lowest BCUT2D eigenvalue weighted by atomic mass is 10.0. The number of hydrogen-bond acceptors (Lipinski definition) is 2. The first-order chi connectivity index (χ1) is 16.3. The molecule has 0 saturated heterocycles. The summed E-state index contributed by atoms with van der Waals surface area (Å²) in [5.74, 6) is 0.0925. The fourth-order valence-electron chi connectivity index (χ4n) is 4.68. The van der Waals surface area contributed by atoms with Gasteiger partial charge in [0.2, 0.25) is 0 Å². The van der Waals surface area contributed by atoms with Gasteiger partial charge in [-0.2, -0.15) is 0 Å². The molecular formula is C31H21NO. The lowest BCUT2D eigenvalue weighted by Gasteiger charge is -2.28. The lowest BCUT2D eigenvalue weighted by molar-refractivity contribution is 0.104. The Bertz CT molecular complexity index is 1450. The Morgan fingerprint density at radius 1 is 0.424 bits per heavy atom. The Labute approximate surface area is 193 Å². The van der Waals surface area contributed by atoms with Crippen molar-refractivity contribution in [1.82, 2.24) is 0 Å². The summed E-state index contributed by atoms with van der Waals surface area (Å²) < 4.78 is 0. The van der Waals surface area contributed by atoms with Gasteiger partial charge < -0.3 is 4.90 Å². The van der Waals surface area contributed by atoms with E-state index in [0.717, 1.165) is 39.3 Å². The predicted octanol–water partition coefficient (Wildman–Crippen LogP) is 8.03. The van der Waals surface area contributed by atoms with Crippen LogP contribution in [0.1, 0.15) is 15.9 Å². The van der Waals surface area contributed by atoms with Gasteiger partial charge >= 0.3 is 0 Å². The molecule has 1 aliphatic carbocycles. The van der Waals surface area contributed by atoms with Crippen LogP contribution >= 0.6 is 0 Å². The van der Waals surface area contributed by atoms with Crippen LogP contribution in [0.25, 0.3) is 22.3 Å². The van der Waals surface area contributed by atoms with E-state index in [2.05, 4.69) is 71.6 Å². The van der Waals surface area contributed by atoms with Gasteiger partial charge in [0, 0.05) is 28.1 Å². The standard InChI is InChI=1S/C31H21NO/c33-31-27-15-8-7-14-26(27)30-28(31)16-9-17-29(30)32(24-12-5-2-6-13-24)25-20-18-23(19-21-25)22-10-3-1-4-11-22/h1-21H. The van der Waals surface area contributed by atoms with Crippen LogP contribution in [0.4, 0.5) is 17.1 Å². The monoisotopic (exact) mass is 423 g/mol. The van der Waals surface area contributed by atoms with Crippen LogP contribution in [-0.2, 0) is 0 Å². The van der Waals surface area contributed by atoms with Gasteiger partial charge in [-0.3, -0.25) is 4.79 Å². The molecule has 0 saturated carbocycles. The Kier molecular flexibility index (Phi) is 4.63. The number of carbonyl (C=O) groups excluding carboxylic acids is 1. The van der Waals surface area contributed by atoms with Crippen LogP contribution < -0.4 is 4.90 Å². The topological polar surface area (TPSA) is 20.3 Å². The zero-order chi connectivity index (χ0) is 22.2. The number of rotatable bonds is 4. The van der Waals surface area contributed by atoms with Gasteiger partial charge in [-0.1, -0.05) is 97.1 Å². The number of carbonyl (C=O) groups is 1. The molecule has 0 aromatic heterocycles. The Hall–Kier alpha value is -4.43. The molecular weight excluding hydrogens is 402 g/mol. The second kappa shape index (κ2) is 7.92. The van der Waals surface area contributed by atoms with E-state index >= 15 is 0 Å². The number of anilines is 3. The molecule has 0 heterocycles. The maximum absolute atomic E-state index is 13.1. The van der Waals surface area contributed by atoms with Crippen molar-refractivity contribution in [2.75, 3.05) is 4.90 Å². The largest absolute Gasteiger partial charge is 0.310 e. The molecule has 0 aliphatic heterocycles. The number of nitrogens with zero attached hydrogens (tertiary/aromatic N) is 1. The molecule has 0 amide bonds. The average molecular weight is 424 g/mol. The fourth-order valence-corrected chi connectivity index (χ4v) is 4.68. The first-order valence-corrected chi connectivity index (χ1v) is 11.1. The van der Waals surface area contributed by atoms with Crippen molar-refractivity contribution in [1.29, 1.82) is 0 Å². The van der Waals surface area contributed by atoms with E-state index < -0.39 is 0 Å². The van der Waals surface area contributed by atoms with E-state index in [9.17, 15) is 4.79 Å². The first kappa shape index (κ1) is 19.3. The second-order valence-corrected chi connectivity index (χ2v) is 8.16. The Morgan fingerprint density at radius 2 is 0.970 bits per heavy atom. The maximum Gasteiger partial charge on any atom is 0.194 e. The van der Waals surface area contributed by atoms with E-state index in [-0.39, 0.29) is 5.78 Å². The summed E-state index contributed by atoms with van der Waals surface area (Å²) in [5.41, 5.74) is 8.99. The SMILES string of the molecule is O=C1c2ccccc2-c2c1cccc2N(c1ccccc1)c1ccc(-c2ccccc2)cc1. The molecule has 0 atom stereocenters. The van der Waals surface area contributed by atoms with Gasteiger partial charge in [-0.05, 0) is 47.0 Å². The van der Waals surface area contributed by atoms with E-state index in [1.807, 2.05) is 60.7 Å². The van der Waals surface area contributed by atoms with Crippen molar-refractivity contribution < 1.29 is 4.79 Å². The summed E-state index contributed by atoms with van der Waals surface area (Å²) in [6, 6.07) is 43.2. The van der Waals surface area contributed by atoms with E-state index in [0.29, 0.717) is 0 Å². The van der Waals surface area contributed by atoms with Gasteiger partial charge in [-0.15, -0.1) is 0 Å². The van der Waals surface area contributed by atoms with Crippen LogP contribution in [0.2, 0.25) is 0 Å². The highest BCUT2D eigenvalue weighted by atomic mass is 16.1. The number of fused-ring (bicyclic) bond motifs is 3. The zero-order valence-corrected chi connectivity index (χ0v) is 18.0. The third kappa shape index (κ3) is 3.24. The molecule has 0 unspecified atom stereocenters. The van der Waals surface area contributed by atoms with Crippen molar-refractivity contribution in [3.63, 3.8) is 0 Å². The van der Waals surface area contributed by atoms with E-state index in [1.165, 1.54) is 11.1 Å².